The van der Waals surface area contributed by atoms with Gasteiger partial charge in [0, 0.05) is 11.5 Å². The highest BCUT2D eigenvalue weighted by atomic mass is 28.3. The van der Waals surface area contributed by atoms with Crippen LogP contribution in [0.1, 0.15) is 20.8 Å². The van der Waals surface area contributed by atoms with Crippen molar-refractivity contribution in [1.29, 1.82) is 0 Å². The molecule has 3 aromatic rings. The third kappa shape index (κ3) is 4.52. The Balaban J connectivity index is 2.16. The Hall–Kier alpha value is -2.38. The fourth-order valence-corrected chi connectivity index (χ4v) is 8.82. The van der Waals surface area contributed by atoms with Gasteiger partial charge in [-0.1, -0.05) is 97.2 Å². The molecule has 0 fully saturated rings. The van der Waals surface area contributed by atoms with E-state index in [4.69, 9.17) is 4.74 Å². The maximum absolute atomic E-state index is 13.2. The molecule has 0 bridgehead atoms. The molecule has 0 aliphatic carbocycles. The lowest BCUT2D eigenvalue weighted by Crippen LogP contribution is -2.57. The predicted molar refractivity (Wildman–Crippen MR) is 132 cm³/mol. The molecule has 30 heavy (non-hydrogen) atoms. The summed E-state index contributed by atoms with van der Waals surface area (Å²) >= 11 is 0. The van der Waals surface area contributed by atoms with Crippen LogP contribution in [0.3, 0.4) is 0 Å². The number of nitrogens with zero attached hydrogens (tertiary/aromatic N) is 1. The first-order valence-corrected chi connectivity index (χ1v) is 16.5. The van der Waals surface area contributed by atoms with Crippen molar-refractivity contribution in [3.05, 3.63) is 72.9 Å². The number of aromatic nitrogens is 1. The maximum atomic E-state index is 13.2. The monoisotopic (exact) mass is 435 g/mol. The van der Waals surface area contributed by atoms with Crippen LogP contribution < -0.4 is 20.9 Å². The summed E-state index contributed by atoms with van der Waals surface area (Å²) < 4.78 is 7.58. The minimum absolute atomic E-state index is 0.293. The number of hydrogen-bond acceptors (Lipinski definition) is 2. The van der Waals surface area contributed by atoms with Gasteiger partial charge in [0.1, 0.15) is 21.7 Å². The summed E-state index contributed by atoms with van der Waals surface area (Å²) in [6, 6.07) is 23.5. The molecule has 0 aliphatic rings. The van der Waals surface area contributed by atoms with E-state index in [1.54, 1.807) is 4.57 Å². The molecule has 5 heteroatoms. The zero-order valence-corrected chi connectivity index (χ0v) is 21.2. The van der Waals surface area contributed by atoms with Gasteiger partial charge in [-0.3, -0.25) is 4.57 Å². The quantitative estimate of drug-likeness (QED) is 0.582. The van der Waals surface area contributed by atoms with Gasteiger partial charge in [0.05, 0.1) is 0 Å². The van der Waals surface area contributed by atoms with Crippen molar-refractivity contribution in [1.82, 2.24) is 4.57 Å². The Morgan fingerprint density at radius 3 is 1.70 bits per heavy atom. The smallest absolute Gasteiger partial charge is 0.418 e. The van der Waals surface area contributed by atoms with E-state index in [1.807, 2.05) is 33.0 Å². The molecule has 0 unspecified atom stereocenters. The lowest BCUT2D eigenvalue weighted by atomic mass is 10.2. The molecule has 1 aromatic heterocycles. The molecule has 0 N–H and O–H groups in total. The van der Waals surface area contributed by atoms with Crippen molar-refractivity contribution in [2.24, 2.45) is 0 Å². The van der Waals surface area contributed by atoms with Crippen LogP contribution in [-0.4, -0.2) is 32.4 Å². The summed E-state index contributed by atoms with van der Waals surface area (Å²) in [6.07, 6.45) is 1.75. The molecule has 0 radical (unpaired) electrons. The molecule has 0 aliphatic heterocycles. The molecule has 1 heterocycles. The first-order chi connectivity index (χ1) is 13.9. The van der Waals surface area contributed by atoms with Crippen LogP contribution in [0.4, 0.5) is 4.79 Å². The molecule has 158 valence electrons. The fourth-order valence-electron chi connectivity index (χ4n) is 3.77. The number of rotatable bonds is 4. The minimum atomic E-state index is -2.11. The number of benzene rings is 2. The van der Waals surface area contributed by atoms with Crippen molar-refractivity contribution in [2.45, 2.75) is 52.6 Å². The SMILES string of the molecule is CC(C)(C)OC(=O)n1cc([Si](C)(C)c2ccccc2)cc1[Si](C)(C)c1ccccc1. The average Bonchev–Trinajstić information content (AvgIpc) is 3.15. The van der Waals surface area contributed by atoms with Crippen molar-refractivity contribution in [3.63, 3.8) is 0 Å². The van der Waals surface area contributed by atoms with Gasteiger partial charge >= 0.3 is 6.09 Å². The number of ether oxygens (including phenoxy) is 1. The summed E-state index contributed by atoms with van der Waals surface area (Å²) in [4.78, 5) is 13.2. The molecular formula is C25H33NO2Si2. The lowest BCUT2D eigenvalue weighted by molar-refractivity contribution is 0.0542. The van der Waals surface area contributed by atoms with Crippen molar-refractivity contribution in [2.75, 3.05) is 0 Å². The summed E-state index contributed by atoms with van der Waals surface area (Å²) in [5.41, 5.74) is -0.538. The number of hydrogen-bond donors (Lipinski definition) is 0. The molecule has 0 saturated carbocycles. The first kappa shape index (κ1) is 22.3. The molecule has 0 saturated heterocycles. The highest BCUT2D eigenvalue weighted by molar-refractivity contribution is 7.03. The Labute approximate surface area is 182 Å². The van der Waals surface area contributed by atoms with Gasteiger partial charge in [-0.2, -0.15) is 0 Å². The van der Waals surface area contributed by atoms with E-state index in [1.165, 1.54) is 15.6 Å². The third-order valence-corrected chi connectivity index (χ3v) is 12.7. The van der Waals surface area contributed by atoms with Crippen LogP contribution in [-0.2, 0) is 4.74 Å². The maximum Gasteiger partial charge on any atom is 0.418 e. The van der Waals surface area contributed by atoms with Crippen molar-refractivity contribution in [3.8, 4) is 0 Å². The predicted octanol–water partition coefficient (Wildman–Crippen LogP) is 3.92. The van der Waals surface area contributed by atoms with Gasteiger partial charge in [0.25, 0.3) is 0 Å². The Kier molecular flexibility index (Phi) is 5.98. The summed E-state index contributed by atoms with van der Waals surface area (Å²) in [5, 5.41) is 5.01. The molecule has 3 rings (SSSR count). The van der Waals surface area contributed by atoms with Crippen LogP contribution in [0.5, 0.6) is 0 Å². The van der Waals surface area contributed by atoms with Crippen LogP contribution >= 0.6 is 0 Å². The third-order valence-electron chi connectivity index (χ3n) is 5.76. The second-order valence-corrected chi connectivity index (χ2v) is 18.7. The van der Waals surface area contributed by atoms with Crippen LogP contribution in [0, 0.1) is 0 Å². The average molecular weight is 436 g/mol. The summed E-state index contributed by atoms with van der Waals surface area (Å²) in [6.45, 7) is 15.0. The highest BCUT2D eigenvalue weighted by Gasteiger charge is 2.36. The van der Waals surface area contributed by atoms with Gasteiger partial charge in [-0.15, -0.1) is 0 Å². The standard InChI is InChI=1S/C25H33NO2Si2/c1-25(2,3)28-24(27)26-19-22(29(4,5)20-14-10-8-11-15-20)18-23(26)30(6,7)21-16-12-9-13-17-21/h8-19H,1-7H3. The van der Waals surface area contributed by atoms with Crippen LogP contribution in [0.15, 0.2) is 72.9 Å². The molecule has 0 amide bonds. The molecule has 3 nitrogen and oxygen atoms in total. The largest absolute Gasteiger partial charge is 0.443 e. The fraction of sp³-hybridized carbons (Fsp3) is 0.320. The Morgan fingerprint density at radius 2 is 1.23 bits per heavy atom. The second-order valence-electron chi connectivity index (χ2n) is 9.95. The van der Waals surface area contributed by atoms with E-state index in [-0.39, 0.29) is 6.09 Å². The van der Waals surface area contributed by atoms with Gasteiger partial charge < -0.3 is 4.74 Å². The van der Waals surface area contributed by atoms with Crippen molar-refractivity contribution < 1.29 is 9.53 Å². The second kappa shape index (κ2) is 8.04. The molecule has 0 atom stereocenters. The number of carbonyl (C=O) groups is 1. The number of carbonyl (C=O) groups excluding carboxylic acids is 1. The molecular weight excluding hydrogens is 402 g/mol. The zero-order valence-electron chi connectivity index (χ0n) is 19.2. The van der Waals surface area contributed by atoms with E-state index in [9.17, 15) is 4.79 Å². The van der Waals surface area contributed by atoms with Gasteiger partial charge in [-0.25, -0.2) is 4.79 Å². The van der Waals surface area contributed by atoms with Crippen molar-refractivity contribution >= 4 is 43.1 Å². The van der Waals surface area contributed by atoms with Crippen LogP contribution in [0.25, 0.3) is 0 Å². The molecule has 0 spiro atoms. The normalized spacial score (nSPS) is 12.6. The summed E-state index contributed by atoms with van der Waals surface area (Å²) in [7, 11) is -4.07. The Morgan fingerprint density at radius 1 is 0.767 bits per heavy atom. The minimum Gasteiger partial charge on any atom is -0.443 e. The van der Waals surface area contributed by atoms with E-state index >= 15 is 0 Å². The summed E-state index contributed by atoms with van der Waals surface area (Å²) in [5.74, 6) is 0. The Bertz CT molecular complexity index is 1020. The van der Waals surface area contributed by atoms with Gasteiger partial charge in [0.2, 0.25) is 0 Å². The highest BCUT2D eigenvalue weighted by Crippen LogP contribution is 2.13. The van der Waals surface area contributed by atoms with Gasteiger partial charge in [-0.05, 0) is 32.0 Å². The van der Waals surface area contributed by atoms with E-state index in [0.29, 0.717) is 0 Å². The van der Waals surface area contributed by atoms with E-state index < -0.39 is 21.7 Å². The van der Waals surface area contributed by atoms with E-state index in [2.05, 4.69) is 86.9 Å². The van der Waals surface area contributed by atoms with Crippen LogP contribution in [0.2, 0.25) is 26.2 Å². The van der Waals surface area contributed by atoms with Gasteiger partial charge in [0.15, 0.2) is 0 Å². The topological polar surface area (TPSA) is 31.2 Å². The first-order valence-electron chi connectivity index (χ1n) is 10.5. The van der Waals surface area contributed by atoms with E-state index in [0.717, 1.165) is 5.32 Å². The lowest BCUT2D eigenvalue weighted by Gasteiger charge is -2.26. The zero-order chi connectivity index (χ0) is 22.2. The molecule has 2 aromatic carbocycles.